The number of hydrogen-bond donors (Lipinski definition) is 5. The predicted octanol–water partition coefficient (Wildman–Crippen LogP) is -0.445. The van der Waals surface area contributed by atoms with Gasteiger partial charge in [0, 0.05) is 12.0 Å². The number of nitrogens with two attached hydrogens (primary N) is 2. The van der Waals surface area contributed by atoms with Crippen LogP contribution in [0.4, 0.5) is 4.79 Å². The summed E-state index contributed by atoms with van der Waals surface area (Å²) >= 11 is 0. The first kappa shape index (κ1) is 22.5. The normalized spacial score (nSPS) is 10.7. The van der Waals surface area contributed by atoms with Crippen LogP contribution in [0.15, 0.2) is 30.3 Å². The first-order chi connectivity index (χ1) is 12.1. The lowest BCUT2D eigenvalue weighted by Gasteiger charge is -2.24. The summed E-state index contributed by atoms with van der Waals surface area (Å²) < 4.78 is 0. The highest BCUT2D eigenvalue weighted by Crippen LogP contribution is 2.13. The first-order valence-corrected chi connectivity index (χ1v) is 7.16. The summed E-state index contributed by atoms with van der Waals surface area (Å²) in [6.07, 6.45) is -2.43. The second-order valence-corrected chi connectivity index (χ2v) is 4.78. The number of hydrogen-bond acceptors (Lipinski definition) is 6. The van der Waals surface area contributed by atoms with Gasteiger partial charge in [-0.1, -0.05) is 18.2 Å². The van der Waals surface area contributed by atoms with Crippen LogP contribution in [-0.4, -0.2) is 62.7 Å². The summed E-state index contributed by atoms with van der Waals surface area (Å²) in [5.74, 6) is -4.24. The van der Waals surface area contributed by atoms with E-state index in [4.69, 9.17) is 21.1 Å². The summed E-state index contributed by atoms with van der Waals surface area (Å²) in [4.78, 5) is 54.7. The fourth-order valence-corrected chi connectivity index (χ4v) is 1.72. The Labute approximate surface area is 147 Å². The number of amides is 3. The third kappa shape index (κ3) is 7.88. The quantitative estimate of drug-likeness (QED) is 0.422. The van der Waals surface area contributed by atoms with Gasteiger partial charge in [-0.25, -0.2) is 14.5 Å². The largest absolute Gasteiger partial charge is 0.480 e. The summed E-state index contributed by atoms with van der Waals surface area (Å²) in [6.45, 7) is -0.278. The summed E-state index contributed by atoms with van der Waals surface area (Å²) in [5.41, 5.74) is 9.53. The maximum absolute atomic E-state index is 12.1. The molecule has 0 aliphatic rings. The van der Waals surface area contributed by atoms with E-state index < -0.39 is 35.9 Å². The molecule has 1 atom stereocenters. The van der Waals surface area contributed by atoms with E-state index in [0.29, 0.717) is 0 Å². The maximum atomic E-state index is 12.1. The van der Waals surface area contributed by atoms with Crippen LogP contribution < -0.4 is 11.5 Å². The molecule has 7 N–H and O–H groups in total. The smallest absolute Gasteiger partial charge is 0.415 e. The first-order valence-electron chi connectivity index (χ1n) is 7.16. The third-order valence-electron chi connectivity index (χ3n) is 2.88. The Morgan fingerprint density at radius 2 is 1.50 bits per heavy atom. The number of primary amides is 1. The molecule has 0 radical (unpaired) electrons. The fourth-order valence-electron chi connectivity index (χ4n) is 1.72. The highest BCUT2D eigenvalue weighted by atomic mass is 16.4. The molecule has 142 valence electrons. The highest BCUT2D eigenvalue weighted by Gasteiger charge is 2.35. The van der Waals surface area contributed by atoms with Crippen LogP contribution in [0, 0.1) is 0 Å². The summed E-state index contributed by atoms with van der Waals surface area (Å²) in [7, 11) is 0. The third-order valence-corrected chi connectivity index (χ3v) is 2.88. The monoisotopic (exact) mass is 369 g/mol. The Bertz CT molecular complexity index is 662. The van der Waals surface area contributed by atoms with Crippen LogP contribution in [0.2, 0.25) is 0 Å². The van der Waals surface area contributed by atoms with Crippen molar-refractivity contribution in [3.05, 3.63) is 35.9 Å². The van der Waals surface area contributed by atoms with E-state index in [2.05, 4.69) is 5.73 Å². The molecule has 1 unspecified atom stereocenters. The van der Waals surface area contributed by atoms with E-state index in [0.717, 1.165) is 0 Å². The van der Waals surface area contributed by atoms with Crippen LogP contribution in [0.3, 0.4) is 0 Å². The molecule has 0 aliphatic heterocycles. The average molecular weight is 369 g/mol. The number of nitrogens with zero attached hydrogens (tertiary/aromatic N) is 1. The summed E-state index contributed by atoms with van der Waals surface area (Å²) in [6, 6.07) is 5.72. The number of carbonyl (C=O) groups is 5. The maximum Gasteiger partial charge on any atom is 0.415 e. The molecule has 0 saturated heterocycles. The zero-order valence-electron chi connectivity index (χ0n) is 13.6. The molecule has 0 saturated carbocycles. The van der Waals surface area contributed by atoms with Crippen LogP contribution in [0.25, 0.3) is 0 Å². The molecule has 0 aromatic heterocycles. The molecular weight excluding hydrogens is 350 g/mol. The average Bonchev–Trinajstić information content (AvgIpc) is 2.58. The minimum atomic E-state index is -1.71. The highest BCUT2D eigenvalue weighted by molar-refractivity contribution is 6.05. The fraction of sp³-hybridized carbons (Fsp3) is 0.267. The van der Waals surface area contributed by atoms with E-state index in [1.165, 1.54) is 24.3 Å². The van der Waals surface area contributed by atoms with Gasteiger partial charge in [-0.15, -0.1) is 0 Å². The van der Waals surface area contributed by atoms with Crippen molar-refractivity contribution < 1.29 is 39.3 Å². The van der Waals surface area contributed by atoms with E-state index in [1.54, 1.807) is 6.07 Å². The van der Waals surface area contributed by atoms with Crippen LogP contribution in [0.1, 0.15) is 23.2 Å². The number of aliphatic carboxylic acids is 2. The van der Waals surface area contributed by atoms with E-state index in [-0.39, 0.29) is 29.8 Å². The topological polar surface area (TPSA) is 201 Å². The second kappa shape index (κ2) is 11.1. The Morgan fingerprint density at radius 3 is 1.85 bits per heavy atom. The summed E-state index contributed by atoms with van der Waals surface area (Å²) in [5, 5.41) is 25.8. The number of carboxylic acids is 2. The van der Waals surface area contributed by atoms with Crippen molar-refractivity contribution in [1.29, 1.82) is 0 Å². The zero-order chi connectivity index (χ0) is 20.3. The molecule has 1 rings (SSSR count). The van der Waals surface area contributed by atoms with E-state index >= 15 is 0 Å². The molecule has 3 amide bonds. The number of imide groups is 1. The van der Waals surface area contributed by atoms with Crippen molar-refractivity contribution in [2.75, 3.05) is 6.54 Å². The van der Waals surface area contributed by atoms with Crippen molar-refractivity contribution >= 4 is 29.8 Å². The van der Waals surface area contributed by atoms with Crippen molar-refractivity contribution in [2.24, 2.45) is 11.5 Å². The van der Waals surface area contributed by atoms with Gasteiger partial charge in [-0.3, -0.25) is 14.4 Å². The molecule has 0 spiro atoms. The van der Waals surface area contributed by atoms with Crippen molar-refractivity contribution in [3.8, 4) is 0 Å². The van der Waals surface area contributed by atoms with Gasteiger partial charge in [0.25, 0.3) is 5.91 Å². The van der Waals surface area contributed by atoms with Gasteiger partial charge in [-0.2, -0.15) is 0 Å². The van der Waals surface area contributed by atoms with Gasteiger partial charge in [0.15, 0.2) is 0 Å². The van der Waals surface area contributed by atoms with Gasteiger partial charge < -0.3 is 26.8 Å². The number of carbonyl (C=O) groups excluding carboxylic acids is 2. The molecule has 1 aromatic rings. The lowest BCUT2D eigenvalue weighted by molar-refractivity contribution is -0.142. The standard InChI is InChI=1S/C13H14N2O6.C2H5NO2/c14-10(16)7-6-9(12(18)19)15(13(20)21)11(17)8-4-2-1-3-5-8;3-1-2(4)5/h1-5,9H,6-7H2,(H2,14,16)(H,18,19)(H,20,21);1,3H2,(H,4,5). The van der Waals surface area contributed by atoms with Crippen molar-refractivity contribution in [3.63, 3.8) is 0 Å². The van der Waals surface area contributed by atoms with Crippen molar-refractivity contribution in [1.82, 2.24) is 4.90 Å². The Hall–Kier alpha value is -3.47. The van der Waals surface area contributed by atoms with Crippen molar-refractivity contribution in [2.45, 2.75) is 18.9 Å². The van der Waals surface area contributed by atoms with Crippen LogP contribution in [0.5, 0.6) is 0 Å². The lowest BCUT2D eigenvalue weighted by atomic mass is 10.1. The zero-order valence-corrected chi connectivity index (χ0v) is 13.6. The molecule has 11 heteroatoms. The number of carboxylic acid groups (broad SMARTS) is 3. The van der Waals surface area contributed by atoms with Gasteiger partial charge in [-0.05, 0) is 18.6 Å². The molecule has 1 aromatic carbocycles. The minimum Gasteiger partial charge on any atom is -0.480 e. The van der Waals surface area contributed by atoms with Crippen LogP contribution in [-0.2, 0) is 14.4 Å². The predicted molar refractivity (Wildman–Crippen MR) is 87.2 cm³/mol. The SMILES string of the molecule is NC(=O)CCC(C(=O)O)N(C(=O)O)C(=O)c1ccccc1.NCC(=O)O. The minimum absolute atomic E-state index is 0.0326. The Balaban J connectivity index is 0.00000110. The van der Waals surface area contributed by atoms with Gasteiger partial charge in [0.05, 0.1) is 6.54 Å². The molecule has 0 heterocycles. The van der Waals surface area contributed by atoms with Crippen LogP contribution >= 0.6 is 0 Å². The Morgan fingerprint density at radius 1 is 1.00 bits per heavy atom. The lowest BCUT2D eigenvalue weighted by Crippen LogP contribution is -2.48. The van der Waals surface area contributed by atoms with Gasteiger partial charge in [0.1, 0.15) is 6.04 Å². The number of rotatable bonds is 7. The second-order valence-electron chi connectivity index (χ2n) is 4.78. The van der Waals surface area contributed by atoms with E-state index in [1.807, 2.05) is 0 Å². The molecule has 11 nitrogen and oxygen atoms in total. The van der Waals surface area contributed by atoms with Gasteiger partial charge in [0.2, 0.25) is 5.91 Å². The molecule has 0 bridgehead atoms. The number of benzene rings is 1. The molecule has 26 heavy (non-hydrogen) atoms. The Kier molecular flexibility index (Phi) is 9.66. The molecule has 0 aliphatic carbocycles. The molecule has 0 fully saturated rings. The van der Waals surface area contributed by atoms with Gasteiger partial charge >= 0.3 is 18.0 Å². The molecular formula is C15H19N3O8. The van der Waals surface area contributed by atoms with E-state index in [9.17, 15) is 24.0 Å².